The molecule has 1 fully saturated rings. The SMILES string of the molecule is Cc1ccc(NC(=O)CN2C(=O)S/C(=C\c3ccc(Sc4ccc(Cl)cc4)o3)C2=O)c(C)c1. The summed E-state index contributed by atoms with van der Waals surface area (Å²) in [5.74, 6) is -0.522. The second-order valence-electron chi connectivity index (χ2n) is 7.35. The average Bonchev–Trinajstić information content (AvgIpc) is 3.31. The fourth-order valence-electron chi connectivity index (χ4n) is 3.14. The van der Waals surface area contributed by atoms with Gasteiger partial charge in [-0.3, -0.25) is 19.3 Å². The van der Waals surface area contributed by atoms with E-state index in [-0.39, 0.29) is 11.4 Å². The van der Waals surface area contributed by atoms with Gasteiger partial charge in [0.05, 0.1) is 4.91 Å². The van der Waals surface area contributed by atoms with Crippen LogP contribution in [0, 0.1) is 13.8 Å². The van der Waals surface area contributed by atoms with Crippen molar-refractivity contribution in [3.05, 3.63) is 81.4 Å². The van der Waals surface area contributed by atoms with E-state index >= 15 is 0 Å². The fourth-order valence-corrected chi connectivity index (χ4v) is 4.86. The van der Waals surface area contributed by atoms with Crippen LogP contribution in [0.3, 0.4) is 0 Å². The number of halogens is 1. The van der Waals surface area contributed by atoms with Gasteiger partial charge in [0.25, 0.3) is 11.1 Å². The maximum absolute atomic E-state index is 12.7. The fraction of sp³-hybridized carbons (Fsp3) is 0.125. The minimum absolute atomic E-state index is 0.205. The number of hydrogen-bond donors (Lipinski definition) is 1. The molecule has 0 aliphatic carbocycles. The zero-order valence-corrected chi connectivity index (χ0v) is 20.1. The van der Waals surface area contributed by atoms with Crippen molar-refractivity contribution >= 4 is 63.9 Å². The van der Waals surface area contributed by atoms with E-state index in [1.165, 1.54) is 17.8 Å². The third kappa shape index (κ3) is 5.71. The zero-order chi connectivity index (χ0) is 23.5. The molecule has 3 aromatic rings. The Balaban J connectivity index is 1.40. The van der Waals surface area contributed by atoms with Gasteiger partial charge >= 0.3 is 0 Å². The van der Waals surface area contributed by atoms with Gasteiger partial charge in [-0.05, 0) is 73.6 Å². The van der Waals surface area contributed by atoms with Crippen molar-refractivity contribution in [2.45, 2.75) is 23.8 Å². The van der Waals surface area contributed by atoms with Gasteiger partial charge in [0, 0.05) is 21.7 Å². The average molecular weight is 499 g/mol. The Bertz CT molecular complexity index is 1270. The summed E-state index contributed by atoms with van der Waals surface area (Å²) in [6.07, 6.45) is 1.51. The topological polar surface area (TPSA) is 79.6 Å². The first-order chi connectivity index (χ1) is 15.8. The minimum Gasteiger partial charge on any atom is -0.450 e. The van der Waals surface area contributed by atoms with Crippen LogP contribution in [0.1, 0.15) is 16.9 Å². The predicted octanol–water partition coefficient (Wildman–Crippen LogP) is 6.38. The molecule has 1 aliphatic rings. The van der Waals surface area contributed by atoms with Crippen molar-refractivity contribution < 1.29 is 18.8 Å². The monoisotopic (exact) mass is 498 g/mol. The van der Waals surface area contributed by atoms with Gasteiger partial charge < -0.3 is 9.73 Å². The molecule has 0 unspecified atom stereocenters. The number of nitrogens with one attached hydrogen (secondary N) is 1. The molecule has 1 N–H and O–H groups in total. The van der Waals surface area contributed by atoms with Crippen LogP contribution in [0.25, 0.3) is 6.08 Å². The first kappa shape index (κ1) is 23.2. The highest BCUT2D eigenvalue weighted by Gasteiger charge is 2.36. The third-order valence-corrected chi connectivity index (χ3v) is 6.83. The molecule has 0 bridgehead atoms. The number of imide groups is 1. The van der Waals surface area contributed by atoms with Crippen LogP contribution in [0.5, 0.6) is 0 Å². The summed E-state index contributed by atoms with van der Waals surface area (Å²) in [4.78, 5) is 39.6. The number of thioether (sulfide) groups is 1. The van der Waals surface area contributed by atoms with Crippen molar-refractivity contribution in [1.29, 1.82) is 0 Å². The second kappa shape index (κ2) is 9.91. The Labute approximate surface area is 204 Å². The van der Waals surface area contributed by atoms with Crippen molar-refractivity contribution in [3.8, 4) is 0 Å². The Morgan fingerprint density at radius 3 is 2.61 bits per heavy atom. The number of benzene rings is 2. The normalized spacial score (nSPS) is 14.9. The highest BCUT2D eigenvalue weighted by atomic mass is 35.5. The summed E-state index contributed by atoms with van der Waals surface area (Å²) in [6, 6.07) is 16.5. The lowest BCUT2D eigenvalue weighted by Gasteiger charge is -2.13. The molecule has 2 heterocycles. The van der Waals surface area contributed by atoms with Crippen LogP contribution in [-0.2, 0) is 9.59 Å². The largest absolute Gasteiger partial charge is 0.450 e. The number of amides is 3. The minimum atomic E-state index is -0.524. The summed E-state index contributed by atoms with van der Waals surface area (Å²) < 4.78 is 5.76. The Kier molecular flexibility index (Phi) is 6.97. The van der Waals surface area contributed by atoms with Crippen LogP contribution >= 0.6 is 35.1 Å². The number of rotatable bonds is 6. The summed E-state index contributed by atoms with van der Waals surface area (Å²) >= 11 is 8.10. The van der Waals surface area contributed by atoms with Gasteiger partial charge in [0.1, 0.15) is 12.3 Å². The van der Waals surface area contributed by atoms with Crippen molar-refractivity contribution in [3.63, 3.8) is 0 Å². The maximum Gasteiger partial charge on any atom is 0.294 e. The van der Waals surface area contributed by atoms with Gasteiger partial charge in [0.2, 0.25) is 5.91 Å². The van der Waals surface area contributed by atoms with Crippen LogP contribution in [0.2, 0.25) is 5.02 Å². The van der Waals surface area contributed by atoms with E-state index in [4.69, 9.17) is 16.0 Å². The van der Waals surface area contributed by atoms with Crippen LogP contribution < -0.4 is 5.32 Å². The summed E-state index contributed by atoms with van der Waals surface area (Å²) in [7, 11) is 0. The lowest BCUT2D eigenvalue weighted by molar-refractivity contribution is -0.127. The molecular weight excluding hydrogens is 480 g/mol. The molecule has 0 radical (unpaired) electrons. The molecule has 0 saturated carbocycles. The van der Waals surface area contributed by atoms with Gasteiger partial charge in [-0.25, -0.2) is 0 Å². The predicted molar refractivity (Wildman–Crippen MR) is 132 cm³/mol. The Morgan fingerprint density at radius 1 is 1.12 bits per heavy atom. The summed E-state index contributed by atoms with van der Waals surface area (Å²) in [5, 5.41) is 3.55. The molecule has 3 amide bonds. The van der Waals surface area contributed by atoms with Crippen molar-refractivity contribution in [2.75, 3.05) is 11.9 Å². The molecule has 33 heavy (non-hydrogen) atoms. The summed E-state index contributed by atoms with van der Waals surface area (Å²) in [6.45, 7) is 3.49. The highest BCUT2D eigenvalue weighted by molar-refractivity contribution is 8.18. The molecule has 2 aromatic carbocycles. The lowest BCUT2D eigenvalue weighted by atomic mass is 10.1. The smallest absolute Gasteiger partial charge is 0.294 e. The van der Waals surface area contributed by atoms with E-state index in [0.717, 1.165) is 32.7 Å². The molecule has 4 rings (SSSR count). The van der Waals surface area contributed by atoms with Crippen LogP contribution in [-0.4, -0.2) is 28.5 Å². The number of carbonyl (C=O) groups excluding carboxylic acids is 3. The molecule has 0 spiro atoms. The third-order valence-electron chi connectivity index (χ3n) is 4.74. The van der Waals surface area contributed by atoms with Crippen molar-refractivity contribution in [2.24, 2.45) is 0 Å². The van der Waals surface area contributed by atoms with E-state index < -0.39 is 17.1 Å². The molecule has 168 valence electrons. The first-order valence-electron chi connectivity index (χ1n) is 9.94. The molecule has 1 saturated heterocycles. The number of nitrogens with zero attached hydrogens (tertiary/aromatic N) is 1. The number of aryl methyl sites for hydroxylation is 2. The van der Waals surface area contributed by atoms with E-state index in [1.54, 1.807) is 30.3 Å². The number of hydrogen-bond acceptors (Lipinski definition) is 6. The lowest BCUT2D eigenvalue weighted by Crippen LogP contribution is -2.36. The van der Waals surface area contributed by atoms with E-state index in [0.29, 0.717) is 21.6 Å². The Hall–Kier alpha value is -2.94. The maximum atomic E-state index is 12.7. The van der Waals surface area contributed by atoms with Gasteiger partial charge in [-0.2, -0.15) is 0 Å². The van der Waals surface area contributed by atoms with Crippen molar-refractivity contribution in [1.82, 2.24) is 4.90 Å². The molecule has 1 aromatic heterocycles. The molecular formula is C24H19ClN2O4S2. The quantitative estimate of drug-likeness (QED) is 0.397. The standard InChI is InChI=1S/C24H19ClN2O4S2/c1-14-3-9-19(15(2)11-14)26-21(28)13-27-23(29)20(33-24(27)30)12-17-6-10-22(31-17)32-18-7-4-16(25)5-8-18/h3-12H,13H2,1-2H3,(H,26,28)/b20-12-. The number of carbonyl (C=O) groups is 3. The van der Waals surface area contributed by atoms with Gasteiger partial charge in [0.15, 0.2) is 5.09 Å². The number of furan rings is 1. The van der Waals surface area contributed by atoms with E-state index in [1.807, 2.05) is 38.1 Å². The zero-order valence-electron chi connectivity index (χ0n) is 17.8. The van der Waals surface area contributed by atoms with Crippen LogP contribution in [0.15, 0.2) is 73.9 Å². The second-order valence-corrected chi connectivity index (χ2v) is 9.85. The molecule has 9 heteroatoms. The molecule has 0 atom stereocenters. The Morgan fingerprint density at radius 2 is 1.88 bits per heavy atom. The summed E-state index contributed by atoms with van der Waals surface area (Å²) in [5.41, 5.74) is 2.63. The van der Waals surface area contributed by atoms with Crippen LogP contribution in [0.4, 0.5) is 10.5 Å². The molecule has 6 nitrogen and oxygen atoms in total. The van der Waals surface area contributed by atoms with Gasteiger partial charge in [-0.15, -0.1) is 0 Å². The van der Waals surface area contributed by atoms with E-state index in [9.17, 15) is 14.4 Å². The molecule has 1 aliphatic heterocycles. The first-order valence-corrected chi connectivity index (χ1v) is 12.0. The van der Waals surface area contributed by atoms with Gasteiger partial charge in [-0.1, -0.05) is 41.1 Å². The van der Waals surface area contributed by atoms with E-state index in [2.05, 4.69) is 5.32 Å². The highest BCUT2D eigenvalue weighted by Crippen LogP contribution is 2.34. The number of anilines is 1.